The molecule has 0 radical (unpaired) electrons. The Bertz CT molecular complexity index is 735. The summed E-state index contributed by atoms with van der Waals surface area (Å²) >= 11 is 0. The van der Waals surface area contributed by atoms with E-state index in [1.807, 2.05) is 6.07 Å². The Morgan fingerprint density at radius 3 is 2.60 bits per heavy atom. The van der Waals surface area contributed by atoms with Gasteiger partial charge in [-0.2, -0.15) is 0 Å². The van der Waals surface area contributed by atoms with Gasteiger partial charge in [0.2, 0.25) is 0 Å². The lowest BCUT2D eigenvalue weighted by atomic mass is 9.93. The van der Waals surface area contributed by atoms with Gasteiger partial charge >= 0.3 is 0 Å². The van der Waals surface area contributed by atoms with Crippen molar-refractivity contribution in [2.75, 3.05) is 0 Å². The molecule has 2 N–H and O–H groups in total. The standard InChI is InChI=1S/C22H27NO2/c1-15-4-2-3-5-20(15)22-12-6-16-14-19(11-13-21(16)25-22)24-18-9-7-17(23)8-10-18/h2-5,11,13-14,17-18,22H,6-10,12,23H2,1H3/t17-,18-,22?. The summed E-state index contributed by atoms with van der Waals surface area (Å²) in [4.78, 5) is 0. The maximum Gasteiger partial charge on any atom is 0.124 e. The highest BCUT2D eigenvalue weighted by Crippen LogP contribution is 2.38. The lowest BCUT2D eigenvalue weighted by Crippen LogP contribution is -2.31. The molecule has 3 nitrogen and oxygen atoms in total. The summed E-state index contributed by atoms with van der Waals surface area (Å²) in [6.07, 6.45) is 6.75. The highest BCUT2D eigenvalue weighted by atomic mass is 16.5. The van der Waals surface area contributed by atoms with Gasteiger partial charge in [-0.1, -0.05) is 24.3 Å². The van der Waals surface area contributed by atoms with E-state index in [0.717, 1.165) is 50.0 Å². The number of hydrogen-bond donors (Lipinski definition) is 1. The Kier molecular flexibility index (Phi) is 4.67. The SMILES string of the molecule is Cc1ccccc1C1CCc2cc(O[C@H]3CC[C@H](N)CC3)ccc2O1. The van der Waals surface area contributed by atoms with Gasteiger partial charge in [0.25, 0.3) is 0 Å². The van der Waals surface area contributed by atoms with E-state index in [4.69, 9.17) is 15.2 Å². The molecule has 1 atom stereocenters. The molecule has 0 bridgehead atoms. The largest absolute Gasteiger partial charge is 0.490 e. The average molecular weight is 337 g/mol. The first-order chi connectivity index (χ1) is 12.2. The van der Waals surface area contributed by atoms with Crippen molar-refractivity contribution < 1.29 is 9.47 Å². The first-order valence-corrected chi connectivity index (χ1v) is 9.46. The molecule has 1 aliphatic heterocycles. The van der Waals surface area contributed by atoms with E-state index in [-0.39, 0.29) is 6.10 Å². The van der Waals surface area contributed by atoms with Crippen LogP contribution in [0.3, 0.4) is 0 Å². The van der Waals surface area contributed by atoms with Gasteiger partial charge in [-0.05, 0) is 80.3 Å². The van der Waals surface area contributed by atoms with E-state index in [2.05, 4.69) is 43.3 Å². The minimum absolute atomic E-state index is 0.153. The van der Waals surface area contributed by atoms with E-state index < -0.39 is 0 Å². The summed E-state index contributed by atoms with van der Waals surface area (Å²) in [6.45, 7) is 2.15. The van der Waals surface area contributed by atoms with Crippen LogP contribution in [0.5, 0.6) is 11.5 Å². The van der Waals surface area contributed by atoms with Crippen LogP contribution in [0.1, 0.15) is 54.9 Å². The summed E-state index contributed by atoms with van der Waals surface area (Å²) in [5, 5.41) is 0. The van der Waals surface area contributed by atoms with Crippen LogP contribution in [0, 0.1) is 6.92 Å². The topological polar surface area (TPSA) is 44.5 Å². The van der Waals surface area contributed by atoms with Crippen LogP contribution in [0.15, 0.2) is 42.5 Å². The van der Waals surface area contributed by atoms with Crippen LogP contribution in [-0.2, 0) is 6.42 Å². The highest BCUT2D eigenvalue weighted by molar-refractivity contribution is 5.43. The number of rotatable bonds is 3. The van der Waals surface area contributed by atoms with Crippen LogP contribution < -0.4 is 15.2 Å². The second-order valence-corrected chi connectivity index (χ2v) is 7.43. The average Bonchev–Trinajstić information content (AvgIpc) is 2.64. The lowest BCUT2D eigenvalue weighted by Gasteiger charge is -2.29. The van der Waals surface area contributed by atoms with Gasteiger partial charge in [-0.15, -0.1) is 0 Å². The molecule has 1 saturated carbocycles. The Morgan fingerprint density at radius 2 is 1.80 bits per heavy atom. The summed E-state index contributed by atoms with van der Waals surface area (Å²) in [7, 11) is 0. The lowest BCUT2D eigenvalue weighted by molar-refractivity contribution is 0.145. The molecule has 132 valence electrons. The van der Waals surface area contributed by atoms with Crippen molar-refractivity contribution in [2.24, 2.45) is 5.73 Å². The highest BCUT2D eigenvalue weighted by Gasteiger charge is 2.24. The molecule has 0 aromatic heterocycles. The summed E-state index contributed by atoms with van der Waals surface area (Å²) in [6, 6.07) is 15.1. The summed E-state index contributed by atoms with van der Waals surface area (Å²) in [5.74, 6) is 1.97. The predicted octanol–water partition coefficient (Wildman–Crippen LogP) is 4.71. The van der Waals surface area contributed by atoms with Crippen molar-refractivity contribution in [3.05, 3.63) is 59.2 Å². The van der Waals surface area contributed by atoms with Crippen molar-refractivity contribution in [3.8, 4) is 11.5 Å². The number of hydrogen-bond acceptors (Lipinski definition) is 3. The van der Waals surface area contributed by atoms with Crippen molar-refractivity contribution in [1.29, 1.82) is 0 Å². The third-order valence-corrected chi connectivity index (χ3v) is 5.53. The zero-order chi connectivity index (χ0) is 17.2. The molecule has 2 aliphatic rings. The Hall–Kier alpha value is -2.00. The summed E-state index contributed by atoms with van der Waals surface area (Å²) in [5.41, 5.74) is 9.84. The first kappa shape index (κ1) is 16.5. The molecule has 1 fully saturated rings. The zero-order valence-corrected chi connectivity index (χ0v) is 14.9. The second kappa shape index (κ2) is 7.09. The number of benzene rings is 2. The Morgan fingerprint density at radius 1 is 1.00 bits per heavy atom. The van der Waals surface area contributed by atoms with Crippen molar-refractivity contribution >= 4 is 0 Å². The number of aryl methyl sites for hydroxylation is 2. The zero-order valence-electron chi connectivity index (χ0n) is 14.9. The summed E-state index contributed by atoms with van der Waals surface area (Å²) < 4.78 is 12.5. The monoisotopic (exact) mass is 337 g/mol. The maximum absolute atomic E-state index is 6.29. The molecule has 1 aliphatic carbocycles. The van der Waals surface area contributed by atoms with Crippen molar-refractivity contribution in [2.45, 2.75) is 63.7 Å². The number of ether oxygens (including phenoxy) is 2. The fourth-order valence-electron chi connectivity index (χ4n) is 4.00. The molecule has 0 saturated heterocycles. The van der Waals surface area contributed by atoms with E-state index in [0.29, 0.717) is 12.1 Å². The molecule has 2 aromatic carbocycles. The van der Waals surface area contributed by atoms with Crippen LogP contribution in [-0.4, -0.2) is 12.1 Å². The third kappa shape index (κ3) is 3.67. The van der Waals surface area contributed by atoms with Gasteiger partial charge < -0.3 is 15.2 Å². The van der Waals surface area contributed by atoms with Gasteiger partial charge in [0.05, 0.1) is 6.10 Å². The van der Waals surface area contributed by atoms with E-state index in [9.17, 15) is 0 Å². The van der Waals surface area contributed by atoms with Crippen LogP contribution in [0.25, 0.3) is 0 Å². The molecular formula is C22H27NO2. The van der Waals surface area contributed by atoms with Crippen LogP contribution in [0.2, 0.25) is 0 Å². The molecule has 0 spiro atoms. The van der Waals surface area contributed by atoms with Gasteiger partial charge in [0, 0.05) is 6.04 Å². The molecule has 4 rings (SSSR count). The second-order valence-electron chi connectivity index (χ2n) is 7.43. The van der Waals surface area contributed by atoms with Gasteiger partial charge in [-0.25, -0.2) is 0 Å². The van der Waals surface area contributed by atoms with E-state index >= 15 is 0 Å². The Labute approximate surface area is 150 Å². The van der Waals surface area contributed by atoms with Gasteiger partial charge in [0.15, 0.2) is 0 Å². The van der Waals surface area contributed by atoms with Crippen molar-refractivity contribution in [1.82, 2.24) is 0 Å². The number of fused-ring (bicyclic) bond motifs is 1. The van der Waals surface area contributed by atoms with Gasteiger partial charge in [-0.3, -0.25) is 0 Å². The molecule has 3 heteroatoms. The molecule has 25 heavy (non-hydrogen) atoms. The smallest absolute Gasteiger partial charge is 0.124 e. The molecular weight excluding hydrogens is 310 g/mol. The van der Waals surface area contributed by atoms with Crippen molar-refractivity contribution in [3.63, 3.8) is 0 Å². The maximum atomic E-state index is 6.29. The quantitative estimate of drug-likeness (QED) is 0.882. The minimum Gasteiger partial charge on any atom is -0.490 e. The van der Waals surface area contributed by atoms with E-state index in [1.165, 1.54) is 16.7 Å². The van der Waals surface area contributed by atoms with Crippen LogP contribution in [0.4, 0.5) is 0 Å². The molecule has 1 unspecified atom stereocenters. The number of nitrogens with two attached hydrogens (primary N) is 1. The normalized spacial score (nSPS) is 25.8. The predicted molar refractivity (Wildman–Crippen MR) is 100 cm³/mol. The fraction of sp³-hybridized carbons (Fsp3) is 0.455. The van der Waals surface area contributed by atoms with Gasteiger partial charge in [0.1, 0.15) is 17.6 Å². The minimum atomic E-state index is 0.153. The molecule has 0 amide bonds. The Balaban J connectivity index is 1.45. The first-order valence-electron chi connectivity index (χ1n) is 9.46. The molecule has 2 aromatic rings. The van der Waals surface area contributed by atoms with Crippen LogP contribution >= 0.6 is 0 Å². The third-order valence-electron chi connectivity index (χ3n) is 5.53. The fourth-order valence-corrected chi connectivity index (χ4v) is 4.00. The molecule has 1 heterocycles. The van der Waals surface area contributed by atoms with E-state index in [1.54, 1.807) is 0 Å².